The first-order valence-corrected chi connectivity index (χ1v) is 3.78. The normalized spacial score (nSPS) is 11.8. The average molecular weight is 191 g/mol. The molecule has 0 aliphatic rings. The summed E-state index contributed by atoms with van der Waals surface area (Å²) < 4.78 is 9.09. The van der Waals surface area contributed by atoms with Gasteiger partial charge < -0.3 is 19.9 Å². The number of hydrogen-bond donors (Lipinski definition) is 2. The lowest BCUT2D eigenvalue weighted by molar-refractivity contribution is -0.148. The molecule has 0 aromatic carbocycles. The average Bonchev–Trinajstić information content (AvgIpc) is 2.05. The molecule has 0 fully saturated rings. The molecule has 0 radical (unpaired) electrons. The molecule has 1 atom stereocenters. The van der Waals surface area contributed by atoms with Gasteiger partial charge in [0.15, 0.2) is 6.10 Å². The van der Waals surface area contributed by atoms with E-state index in [1.807, 2.05) is 0 Å². The number of alkyl carbamates (subject to hydrolysis) is 1. The standard InChI is InChI=1S/C7H13NO5/c1-3-13-7(11)8-4-5(12-2)6(9)10/h5H,3-4H2,1-2H3,(H,8,11)(H,9,10). The van der Waals surface area contributed by atoms with E-state index in [9.17, 15) is 9.59 Å². The first kappa shape index (κ1) is 11.7. The Morgan fingerprint density at radius 2 is 2.15 bits per heavy atom. The summed E-state index contributed by atoms with van der Waals surface area (Å²) in [5.41, 5.74) is 0. The van der Waals surface area contributed by atoms with E-state index in [2.05, 4.69) is 14.8 Å². The van der Waals surface area contributed by atoms with Gasteiger partial charge in [-0.05, 0) is 6.92 Å². The summed E-state index contributed by atoms with van der Waals surface area (Å²) in [5.74, 6) is -1.13. The van der Waals surface area contributed by atoms with Gasteiger partial charge in [0.05, 0.1) is 13.2 Å². The molecule has 1 amide bonds. The fraction of sp³-hybridized carbons (Fsp3) is 0.714. The van der Waals surface area contributed by atoms with Gasteiger partial charge in [-0.25, -0.2) is 9.59 Å². The van der Waals surface area contributed by atoms with Crippen molar-refractivity contribution in [2.45, 2.75) is 13.0 Å². The highest BCUT2D eigenvalue weighted by molar-refractivity contribution is 5.74. The maximum atomic E-state index is 10.7. The van der Waals surface area contributed by atoms with Crippen molar-refractivity contribution in [3.8, 4) is 0 Å². The van der Waals surface area contributed by atoms with Crippen molar-refractivity contribution in [2.75, 3.05) is 20.3 Å². The van der Waals surface area contributed by atoms with Crippen molar-refractivity contribution in [3.63, 3.8) is 0 Å². The van der Waals surface area contributed by atoms with E-state index in [0.29, 0.717) is 0 Å². The fourth-order valence-electron chi connectivity index (χ4n) is 0.630. The zero-order valence-electron chi connectivity index (χ0n) is 7.57. The highest BCUT2D eigenvalue weighted by Crippen LogP contribution is 1.88. The Balaban J connectivity index is 3.72. The molecule has 0 rings (SSSR count). The third-order valence-electron chi connectivity index (χ3n) is 1.27. The largest absolute Gasteiger partial charge is 0.479 e. The van der Waals surface area contributed by atoms with Gasteiger partial charge in [0, 0.05) is 7.11 Å². The molecule has 0 bridgehead atoms. The van der Waals surface area contributed by atoms with E-state index in [1.54, 1.807) is 6.92 Å². The summed E-state index contributed by atoms with van der Waals surface area (Å²) in [6, 6.07) is 0. The van der Waals surface area contributed by atoms with Gasteiger partial charge in [-0.3, -0.25) is 0 Å². The van der Waals surface area contributed by atoms with E-state index in [4.69, 9.17) is 5.11 Å². The lowest BCUT2D eigenvalue weighted by Gasteiger charge is -2.10. The van der Waals surface area contributed by atoms with Gasteiger partial charge in [0.1, 0.15) is 0 Å². The summed E-state index contributed by atoms with van der Waals surface area (Å²) in [6.07, 6.45) is -1.68. The number of hydrogen-bond acceptors (Lipinski definition) is 4. The molecule has 0 saturated carbocycles. The number of ether oxygens (including phenoxy) is 2. The first-order chi connectivity index (χ1) is 6.11. The molecule has 13 heavy (non-hydrogen) atoms. The van der Waals surface area contributed by atoms with Crippen molar-refractivity contribution in [1.29, 1.82) is 0 Å². The predicted molar refractivity (Wildman–Crippen MR) is 43.5 cm³/mol. The molecule has 0 heterocycles. The number of aliphatic carboxylic acids is 1. The van der Waals surface area contributed by atoms with Crippen LogP contribution in [0.5, 0.6) is 0 Å². The van der Waals surface area contributed by atoms with Crippen molar-refractivity contribution in [3.05, 3.63) is 0 Å². The van der Waals surface area contributed by atoms with E-state index < -0.39 is 18.2 Å². The second-order valence-electron chi connectivity index (χ2n) is 2.16. The predicted octanol–water partition coefficient (Wildman–Crippen LogP) is -0.168. The van der Waals surface area contributed by atoms with Crippen molar-refractivity contribution in [2.24, 2.45) is 0 Å². The molecule has 0 saturated heterocycles. The Kier molecular flexibility index (Phi) is 5.62. The molecule has 0 aromatic rings. The molecule has 0 spiro atoms. The molecular weight excluding hydrogens is 178 g/mol. The summed E-state index contributed by atoms with van der Waals surface area (Å²) >= 11 is 0. The molecular formula is C7H13NO5. The highest BCUT2D eigenvalue weighted by Gasteiger charge is 2.16. The molecule has 0 aliphatic carbocycles. The van der Waals surface area contributed by atoms with Crippen molar-refractivity contribution >= 4 is 12.1 Å². The Morgan fingerprint density at radius 3 is 2.54 bits per heavy atom. The minimum atomic E-state index is -1.13. The highest BCUT2D eigenvalue weighted by atomic mass is 16.5. The molecule has 6 heteroatoms. The van der Waals surface area contributed by atoms with Crippen LogP contribution in [-0.2, 0) is 14.3 Å². The first-order valence-electron chi connectivity index (χ1n) is 3.78. The number of carboxylic acid groups (broad SMARTS) is 1. The van der Waals surface area contributed by atoms with Crippen LogP contribution in [0.1, 0.15) is 6.92 Å². The van der Waals surface area contributed by atoms with Gasteiger partial charge in [0.25, 0.3) is 0 Å². The lowest BCUT2D eigenvalue weighted by Crippen LogP contribution is -2.38. The molecule has 76 valence electrons. The lowest BCUT2D eigenvalue weighted by atomic mass is 10.3. The van der Waals surface area contributed by atoms with Crippen LogP contribution >= 0.6 is 0 Å². The number of carbonyl (C=O) groups excluding carboxylic acids is 1. The van der Waals surface area contributed by atoms with Crippen LogP contribution < -0.4 is 5.32 Å². The smallest absolute Gasteiger partial charge is 0.407 e. The van der Waals surface area contributed by atoms with Crippen molar-refractivity contribution in [1.82, 2.24) is 5.32 Å². The Hall–Kier alpha value is -1.30. The SMILES string of the molecule is CCOC(=O)NCC(OC)C(=O)O. The minimum absolute atomic E-state index is 0.106. The number of carboxylic acids is 1. The van der Waals surface area contributed by atoms with E-state index in [0.717, 1.165) is 0 Å². The minimum Gasteiger partial charge on any atom is -0.479 e. The van der Waals surface area contributed by atoms with Gasteiger partial charge in [-0.1, -0.05) is 0 Å². The van der Waals surface area contributed by atoms with Crippen molar-refractivity contribution < 1.29 is 24.2 Å². The summed E-state index contributed by atoms with van der Waals surface area (Å²) in [6.45, 7) is 1.80. The van der Waals surface area contributed by atoms with Crippen LogP contribution in [0, 0.1) is 0 Å². The second kappa shape index (κ2) is 6.24. The topological polar surface area (TPSA) is 84.9 Å². The van der Waals surface area contributed by atoms with E-state index >= 15 is 0 Å². The molecule has 2 N–H and O–H groups in total. The number of methoxy groups -OCH3 is 1. The van der Waals surface area contributed by atoms with Gasteiger partial charge >= 0.3 is 12.1 Å². The summed E-state index contributed by atoms with van der Waals surface area (Å²) in [7, 11) is 1.26. The maximum Gasteiger partial charge on any atom is 0.407 e. The van der Waals surface area contributed by atoms with Gasteiger partial charge in [0.2, 0.25) is 0 Å². The quantitative estimate of drug-likeness (QED) is 0.630. The fourth-order valence-corrected chi connectivity index (χ4v) is 0.630. The molecule has 0 aromatic heterocycles. The monoisotopic (exact) mass is 191 g/mol. The number of carbonyl (C=O) groups is 2. The number of nitrogens with one attached hydrogen (secondary N) is 1. The zero-order valence-corrected chi connectivity index (χ0v) is 7.57. The van der Waals surface area contributed by atoms with Crippen LogP contribution in [0.3, 0.4) is 0 Å². The van der Waals surface area contributed by atoms with Crippen LogP contribution in [0.25, 0.3) is 0 Å². The number of rotatable bonds is 5. The van der Waals surface area contributed by atoms with Gasteiger partial charge in [-0.15, -0.1) is 0 Å². The Morgan fingerprint density at radius 1 is 1.54 bits per heavy atom. The third kappa shape index (κ3) is 5.02. The van der Waals surface area contributed by atoms with E-state index in [-0.39, 0.29) is 13.2 Å². The van der Waals surface area contributed by atoms with Crippen LogP contribution in [0.2, 0.25) is 0 Å². The molecule has 0 aliphatic heterocycles. The maximum absolute atomic E-state index is 10.7. The Labute approximate surface area is 75.8 Å². The summed E-state index contributed by atoms with van der Waals surface area (Å²) in [5, 5.41) is 10.7. The van der Waals surface area contributed by atoms with Crippen LogP contribution in [-0.4, -0.2) is 43.5 Å². The van der Waals surface area contributed by atoms with Gasteiger partial charge in [-0.2, -0.15) is 0 Å². The van der Waals surface area contributed by atoms with E-state index in [1.165, 1.54) is 7.11 Å². The Bertz CT molecular complexity index is 182. The van der Waals surface area contributed by atoms with Crippen LogP contribution in [0.15, 0.2) is 0 Å². The second-order valence-corrected chi connectivity index (χ2v) is 2.16. The number of amides is 1. The molecule has 1 unspecified atom stereocenters. The zero-order chi connectivity index (χ0) is 10.3. The summed E-state index contributed by atoms with van der Waals surface area (Å²) in [4.78, 5) is 21.1. The van der Waals surface area contributed by atoms with Crippen LogP contribution in [0.4, 0.5) is 4.79 Å². The third-order valence-corrected chi connectivity index (χ3v) is 1.27. The molecule has 6 nitrogen and oxygen atoms in total.